The smallest absolute Gasteiger partial charge is 0.276 e. The van der Waals surface area contributed by atoms with Gasteiger partial charge in [-0.2, -0.15) is 5.10 Å². The van der Waals surface area contributed by atoms with Crippen molar-refractivity contribution in [2.75, 3.05) is 6.54 Å². The minimum Gasteiger partial charge on any atom is -0.502 e. The Hall–Kier alpha value is -3.55. The van der Waals surface area contributed by atoms with Crippen LogP contribution in [0.5, 0.6) is 5.75 Å². The summed E-state index contributed by atoms with van der Waals surface area (Å²) in [4.78, 5) is 26.9. The monoisotopic (exact) mass is 437 g/mol. The van der Waals surface area contributed by atoms with E-state index in [1.54, 1.807) is 30.0 Å². The molecule has 6 nitrogen and oxygen atoms in total. The summed E-state index contributed by atoms with van der Waals surface area (Å²) in [6, 6.07) is 9.82. The molecule has 5 rings (SSSR count). The lowest BCUT2D eigenvalue weighted by molar-refractivity contribution is 0.0565. The van der Waals surface area contributed by atoms with Gasteiger partial charge < -0.3 is 10.0 Å². The Morgan fingerprint density at radius 3 is 2.53 bits per heavy atom. The molecule has 1 aromatic heterocycles. The molecule has 3 heterocycles. The van der Waals surface area contributed by atoms with E-state index < -0.39 is 29.0 Å². The molecule has 0 radical (unpaired) electrons. The molecule has 2 aliphatic rings. The van der Waals surface area contributed by atoms with Crippen LogP contribution in [-0.2, 0) is 0 Å². The number of aromatic hydroxyl groups is 1. The molecular weight excluding hydrogens is 416 g/mol. The van der Waals surface area contributed by atoms with Crippen molar-refractivity contribution in [2.24, 2.45) is 0 Å². The lowest BCUT2D eigenvalue weighted by Crippen LogP contribution is -2.51. The molecule has 0 bridgehead atoms. The molecule has 164 valence electrons. The second kappa shape index (κ2) is 7.55. The second-order valence-corrected chi connectivity index (χ2v) is 8.38. The SMILES string of the molecule is Cc1cc(F)ccc1[C@@H](c1ccc(F)cc1)C1[C@H]2CCCN2C(=O)c2c(O)c(=O)cnn21. The fourth-order valence-corrected chi connectivity index (χ4v) is 5.17. The molecule has 0 aliphatic carbocycles. The first-order valence-electron chi connectivity index (χ1n) is 10.5. The summed E-state index contributed by atoms with van der Waals surface area (Å²) >= 11 is 0. The van der Waals surface area contributed by atoms with Crippen molar-refractivity contribution in [3.63, 3.8) is 0 Å². The highest BCUT2D eigenvalue weighted by atomic mass is 19.1. The molecule has 8 heteroatoms. The number of aryl methyl sites for hydroxylation is 1. The van der Waals surface area contributed by atoms with Crippen molar-refractivity contribution < 1.29 is 18.7 Å². The van der Waals surface area contributed by atoms with E-state index in [2.05, 4.69) is 5.10 Å². The number of carbonyl (C=O) groups is 1. The zero-order chi connectivity index (χ0) is 22.6. The highest BCUT2D eigenvalue weighted by molar-refractivity contribution is 5.96. The number of amides is 1. The fourth-order valence-electron chi connectivity index (χ4n) is 5.17. The zero-order valence-corrected chi connectivity index (χ0v) is 17.3. The van der Waals surface area contributed by atoms with Crippen molar-refractivity contribution in [2.45, 2.75) is 37.8 Å². The summed E-state index contributed by atoms with van der Waals surface area (Å²) in [5.41, 5.74) is 1.39. The number of hydrogen-bond acceptors (Lipinski definition) is 4. The highest BCUT2D eigenvalue weighted by Crippen LogP contribution is 2.46. The Labute approximate surface area is 182 Å². The molecule has 3 atom stereocenters. The van der Waals surface area contributed by atoms with Gasteiger partial charge in [-0.05, 0) is 60.7 Å². The Bertz CT molecular complexity index is 1270. The van der Waals surface area contributed by atoms with Crippen molar-refractivity contribution >= 4 is 5.91 Å². The van der Waals surface area contributed by atoms with E-state index in [9.17, 15) is 23.5 Å². The third kappa shape index (κ3) is 3.09. The van der Waals surface area contributed by atoms with Crippen LogP contribution in [0.25, 0.3) is 0 Å². The van der Waals surface area contributed by atoms with E-state index in [4.69, 9.17) is 0 Å². The number of benzene rings is 2. The van der Waals surface area contributed by atoms with Crippen LogP contribution < -0.4 is 5.43 Å². The second-order valence-electron chi connectivity index (χ2n) is 8.38. The predicted octanol–water partition coefficient (Wildman–Crippen LogP) is 3.53. The zero-order valence-electron chi connectivity index (χ0n) is 17.3. The van der Waals surface area contributed by atoms with E-state index in [0.29, 0.717) is 18.5 Å². The van der Waals surface area contributed by atoms with Crippen LogP contribution in [-0.4, -0.2) is 38.3 Å². The minimum atomic E-state index is -0.725. The maximum Gasteiger partial charge on any atom is 0.276 e. The molecule has 1 fully saturated rings. The summed E-state index contributed by atoms with van der Waals surface area (Å²) in [5.74, 6) is -2.24. The Morgan fingerprint density at radius 1 is 1.09 bits per heavy atom. The highest BCUT2D eigenvalue weighted by Gasteiger charge is 2.48. The molecular formula is C24H21F2N3O3. The quantitative estimate of drug-likeness (QED) is 0.680. The average Bonchev–Trinajstić information content (AvgIpc) is 3.25. The van der Waals surface area contributed by atoms with Gasteiger partial charge in [0.25, 0.3) is 5.91 Å². The summed E-state index contributed by atoms with van der Waals surface area (Å²) < 4.78 is 29.1. The van der Waals surface area contributed by atoms with Crippen molar-refractivity contribution in [3.8, 4) is 5.75 Å². The largest absolute Gasteiger partial charge is 0.502 e. The topological polar surface area (TPSA) is 75.4 Å². The lowest BCUT2D eigenvalue weighted by atomic mass is 9.78. The van der Waals surface area contributed by atoms with Gasteiger partial charge >= 0.3 is 0 Å². The normalized spacial score (nSPS) is 20.7. The minimum absolute atomic E-state index is 0.146. The summed E-state index contributed by atoms with van der Waals surface area (Å²) in [7, 11) is 0. The van der Waals surface area contributed by atoms with E-state index in [1.807, 2.05) is 0 Å². The van der Waals surface area contributed by atoms with E-state index >= 15 is 0 Å². The van der Waals surface area contributed by atoms with Crippen LogP contribution in [0.4, 0.5) is 8.78 Å². The maximum absolute atomic E-state index is 13.9. The average molecular weight is 437 g/mol. The van der Waals surface area contributed by atoms with Crippen LogP contribution in [0, 0.1) is 18.6 Å². The Kier molecular flexibility index (Phi) is 4.80. The third-order valence-electron chi connectivity index (χ3n) is 6.56. The van der Waals surface area contributed by atoms with E-state index in [0.717, 1.165) is 23.7 Å². The summed E-state index contributed by atoms with van der Waals surface area (Å²) in [6.07, 6.45) is 2.48. The molecule has 0 saturated carbocycles. The molecule has 2 aromatic carbocycles. The van der Waals surface area contributed by atoms with E-state index in [1.165, 1.54) is 28.9 Å². The van der Waals surface area contributed by atoms with Crippen molar-refractivity contribution in [1.29, 1.82) is 0 Å². The number of rotatable bonds is 3. The van der Waals surface area contributed by atoms with Gasteiger partial charge in [0.05, 0.1) is 18.3 Å². The third-order valence-corrected chi connectivity index (χ3v) is 6.56. The molecule has 0 spiro atoms. The number of hydrogen-bond donors (Lipinski definition) is 1. The van der Waals surface area contributed by atoms with Crippen LogP contribution in [0.15, 0.2) is 53.5 Å². The van der Waals surface area contributed by atoms with Gasteiger partial charge in [-0.25, -0.2) is 8.78 Å². The number of aromatic nitrogens is 2. The number of carbonyl (C=O) groups excluding carboxylic acids is 1. The van der Waals surface area contributed by atoms with Gasteiger partial charge in [0.1, 0.15) is 11.6 Å². The lowest BCUT2D eigenvalue weighted by Gasteiger charge is -2.43. The number of fused-ring (bicyclic) bond motifs is 2. The first kappa shape index (κ1) is 20.4. The molecule has 1 amide bonds. The van der Waals surface area contributed by atoms with Crippen molar-refractivity contribution in [1.82, 2.24) is 14.7 Å². The number of halogens is 2. The van der Waals surface area contributed by atoms with Gasteiger partial charge in [-0.1, -0.05) is 18.2 Å². The molecule has 2 aliphatic heterocycles. The Balaban J connectivity index is 1.79. The number of nitrogens with zero attached hydrogens (tertiary/aromatic N) is 3. The predicted molar refractivity (Wildman–Crippen MR) is 113 cm³/mol. The van der Waals surface area contributed by atoms with Gasteiger partial charge in [0.15, 0.2) is 11.4 Å². The molecule has 3 aromatic rings. The first-order valence-corrected chi connectivity index (χ1v) is 10.5. The fraction of sp³-hybridized carbons (Fsp3) is 0.292. The molecule has 1 unspecified atom stereocenters. The maximum atomic E-state index is 13.9. The Morgan fingerprint density at radius 2 is 1.81 bits per heavy atom. The van der Waals surface area contributed by atoms with Gasteiger partial charge in [-0.15, -0.1) is 0 Å². The van der Waals surface area contributed by atoms with Crippen LogP contribution >= 0.6 is 0 Å². The molecule has 1 N–H and O–H groups in total. The summed E-state index contributed by atoms with van der Waals surface area (Å²) in [5, 5.41) is 14.7. The van der Waals surface area contributed by atoms with Crippen LogP contribution in [0.3, 0.4) is 0 Å². The first-order chi connectivity index (χ1) is 15.4. The molecule has 1 saturated heterocycles. The van der Waals surface area contributed by atoms with Crippen molar-refractivity contribution in [3.05, 3.63) is 92.9 Å². The van der Waals surface area contributed by atoms with Gasteiger partial charge in [0.2, 0.25) is 5.43 Å². The summed E-state index contributed by atoms with van der Waals surface area (Å²) in [6.45, 7) is 2.30. The van der Waals surface area contributed by atoms with Crippen LogP contribution in [0.1, 0.15) is 52.0 Å². The van der Waals surface area contributed by atoms with E-state index in [-0.39, 0.29) is 23.4 Å². The van der Waals surface area contributed by atoms with Crippen LogP contribution in [0.2, 0.25) is 0 Å². The van der Waals surface area contributed by atoms with Gasteiger partial charge in [0, 0.05) is 12.5 Å². The standard InChI is InChI=1S/C24H21F2N3O3/c1-13-11-16(26)8-9-17(13)20(14-4-6-15(25)7-5-14)21-18-3-2-10-28(18)24(32)22-23(31)19(30)12-27-29(21)22/h4-9,11-12,18,20-21,31H,2-3,10H2,1H3/t18-,20-,21?/m1/s1. The van der Waals surface area contributed by atoms with Gasteiger partial charge in [-0.3, -0.25) is 14.3 Å². The molecule has 32 heavy (non-hydrogen) atoms.